The molecule has 33 heavy (non-hydrogen) atoms. The van der Waals surface area contributed by atoms with Crippen LogP contribution in [0.5, 0.6) is 0 Å². The molecule has 1 aromatic carbocycles. The molecule has 7 heteroatoms. The maximum Gasteiger partial charge on any atom is 0.253 e. The number of piperidine rings is 1. The standard InChI is InChI=1S/C26H34FN3O3/c1-24(2)16-29(23(32)25(3)11-7-4-8-12-25)14-13-26(24,33)17-30-18-28-21(15-22(30)31)19-9-5-6-10-20(19)27/h5-6,9-10,15,18,33H,4,7-8,11-14,16-17H2,1-3H3. The predicted octanol–water partition coefficient (Wildman–Crippen LogP) is 4.01. The highest BCUT2D eigenvalue weighted by Crippen LogP contribution is 2.43. The van der Waals surface area contributed by atoms with Crippen molar-refractivity contribution in [2.75, 3.05) is 13.1 Å². The highest BCUT2D eigenvalue weighted by atomic mass is 19.1. The summed E-state index contributed by atoms with van der Waals surface area (Å²) in [5.74, 6) is -0.254. The molecule has 1 aliphatic carbocycles. The van der Waals surface area contributed by atoms with E-state index in [2.05, 4.69) is 11.9 Å². The molecule has 1 aliphatic heterocycles. The minimum absolute atomic E-state index is 0.0721. The van der Waals surface area contributed by atoms with Gasteiger partial charge in [-0.1, -0.05) is 52.2 Å². The summed E-state index contributed by atoms with van der Waals surface area (Å²) in [5, 5.41) is 11.6. The van der Waals surface area contributed by atoms with Gasteiger partial charge in [-0.05, 0) is 31.4 Å². The summed E-state index contributed by atoms with van der Waals surface area (Å²) in [5.41, 5.74) is -1.92. The largest absolute Gasteiger partial charge is 0.387 e. The van der Waals surface area contributed by atoms with Crippen LogP contribution in [-0.2, 0) is 11.3 Å². The van der Waals surface area contributed by atoms with E-state index in [0.717, 1.165) is 25.7 Å². The van der Waals surface area contributed by atoms with Crippen LogP contribution in [-0.4, -0.2) is 44.2 Å². The Kier molecular flexibility index (Phi) is 6.20. The number of aliphatic hydroxyl groups is 1. The SMILES string of the molecule is CC1(C(=O)N2CCC(O)(Cn3cnc(-c4ccccc4F)cc3=O)C(C)(C)C2)CCCCC1. The van der Waals surface area contributed by atoms with Crippen LogP contribution >= 0.6 is 0 Å². The normalized spacial score (nSPS) is 24.5. The Morgan fingerprint density at radius 1 is 1.12 bits per heavy atom. The Morgan fingerprint density at radius 2 is 1.82 bits per heavy atom. The summed E-state index contributed by atoms with van der Waals surface area (Å²) in [7, 11) is 0. The molecule has 1 saturated carbocycles. The van der Waals surface area contributed by atoms with E-state index >= 15 is 0 Å². The number of likely N-dealkylation sites (tertiary alicyclic amines) is 1. The fraction of sp³-hybridized carbons (Fsp3) is 0.577. The first-order valence-corrected chi connectivity index (χ1v) is 11.9. The summed E-state index contributed by atoms with van der Waals surface area (Å²) in [6.45, 7) is 6.94. The highest BCUT2D eigenvalue weighted by molar-refractivity contribution is 5.82. The van der Waals surface area contributed by atoms with E-state index in [1.54, 1.807) is 18.2 Å². The second kappa shape index (κ2) is 8.67. The molecule has 2 heterocycles. The number of nitrogens with zero attached hydrogens (tertiary/aromatic N) is 3. The molecule has 1 atom stereocenters. The summed E-state index contributed by atoms with van der Waals surface area (Å²) in [6.07, 6.45) is 6.95. The van der Waals surface area contributed by atoms with E-state index < -0.39 is 16.8 Å². The van der Waals surface area contributed by atoms with Gasteiger partial charge in [0.25, 0.3) is 5.56 Å². The molecule has 1 saturated heterocycles. The zero-order valence-corrected chi connectivity index (χ0v) is 19.8. The first-order valence-electron chi connectivity index (χ1n) is 11.9. The van der Waals surface area contributed by atoms with Crippen molar-refractivity contribution >= 4 is 5.91 Å². The number of carbonyl (C=O) groups is 1. The first-order chi connectivity index (χ1) is 15.5. The number of aromatic nitrogens is 2. The van der Waals surface area contributed by atoms with Gasteiger partial charge >= 0.3 is 0 Å². The molecule has 1 unspecified atom stereocenters. The van der Waals surface area contributed by atoms with E-state index in [0.29, 0.717) is 19.5 Å². The Labute approximate surface area is 194 Å². The molecule has 2 aliphatic rings. The van der Waals surface area contributed by atoms with Crippen molar-refractivity contribution in [2.24, 2.45) is 10.8 Å². The van der Waals surface area contributed by atoms with E-state index in [9.17, 15) is 19.1 Å². The summed E-state index contributed by atoms with van der Waals surface area (Å²) in [4.78, 5) is 32.3. The lowest BCUT2D eigenvalue weighted by Crippen LogP contribution is -2.62. The van der Waals surface area contributed by atoms with Gasteiger partial charge in [0.05, 0.1) is 24.2 Å². The Hall–Kier alpha value is -2.54. The van der Waals surface area contributed by atoms with Crippen LogP contribution in [0.2, 0.25) is 0 Å². The monoisotopic (exact) mass is 455 g/mol. The fourth-order valence-corrected chi connectivity index (χ4v) is 5.40. The Morgan fingerprint density at radius 3 is 2.45 bits per heavy atom. The quantitative estimate of drug-likeness (QED) is 0.756. The van der Waals surface area contributed by atoms with Crippen LogP contribution in [0.3, 0.4) is 0 Å². The van der Waals surface area contributed by atoms with Crippen LogP contribution in [0.15, 0.2) is 41.5 Å². The van der Waals surface area contributed by atoms with E-state index in [1.165, 1.54) is 29.4 Å². The molecular formula is C26H34FN3O3. The molecular weight excluding hydrogens is 421 g/mol. The summed E-state index contributed by atoms with van der Waals surface area (Å²) in [6, 6.07) is 7.49. The maximum atomic E-state index is 14.1. The number of hydrogen-bond acceptors (Lipinski definition) is 4. The zero-order chi connectivity index (χ0) is 23.9. The highest BCUT2D eigenvalue weighted by Gasteiger charge is 2.50. The molecule has 2 aromatic rings. The molecule has 0 spiro atoms. The Balaban J connectivity index is 1.51. The number of carbonyl (C=O) groups excluding carboxylic acids is 1. The van der Waals surface area contributed by atoms with Crippen molar-refractivity contribution in [3.05, 3.63) is 52.8 Å². The maximum absolute atomic E-state index is 14.1. The zero-order valence-electron chi connectivity index (χ0n) is 19.8. The van der Waals surface area contributed by atoms with Crippen molar-refractivity contribution in [2.45, 2.75) is 71.4 Å². The number of benzene rings is 1. The number of amides is 1. The third-order valence-corrected chi connectivity index (χ3v) is 7.86. The van der Waals surface area contributed by atoms with Crippen LogP contribution in [0, 0.1) is 16.6 Å². The summed E-state index contributed by atoms with van der Waals surface area (Å²) >= 11 is 0. The topological polar surface area (TPSA) is 75.4 Å². The van der Waals surface area contributed by atoms with Crippen LogP contribution < -0.4 is 5.56 Å². The van der Waals surface area contributed by atoms with Gasteiger partial charge in [0.15, 0.2) is 0 Å². The smallest absolute Gasteiger partial charge is 0.253 e. The first kappa shape index (κ1) is 23.6. The van der Waals surface area contributed by atoms with Gasteiger partial charge in [0.1, 0.15) is 5.82 Å². The van der Waals surface area contributed by atoms with Gasteiger partial charge in [0, 0.05) is 35.5 Å². The van der Waals surface area contributed by atoms with Crippen molar-refractivity contribution in [1.82, 2.24) is 14.5 Å². The second-order valence-corrected chi connectivity index (χ2v) is 10.7. The van der Waals surface area contributed by atoms with E-state index in [4.69, 9.17) is 0 Å². The lowest BCUT2D eigenvalue weighted by atomic mass is 9.68. The minimum atomic E-state index is -1.18. The third-order valence-electron chi connectivity index (χ3n) is 7.86. The molecule has 4 rings (SSSR count). The van der Waals surface area contributed by atoms with E-state index in [1.807, 2.05) is 18.7 Å². The molecule has 1 N–H and O–H groups in total. The number of rotatable bonds is 4. The molecule has 0 bridgehead atoms. The lowest BCUT2D eigenvalue weighted by molar-refractivity contribution is -0.163. The molecule has 6 nitrogen and oxygen atoms in total. The van der Waals surface area contributed by atoms with Gasteiger partial charge in [-0.2, -0.15) is 0 Å². The minimum Gasteiger partial charge on any atom is -0.387 e. The van der Waals surface area contributed by atoms with Crippen molar-refractivity contribution < 1.29 is 14.3 Å². The molecule has 1 amide bonds. The van der Waals surface area contributed by atoms with Gasteiger partial charge in [0.2, 0.25) is 5.91 Å². The molecule has 2 fully saturated rings. The van der Waals surface area contributed by atoms with Gasteiger partial charge in [-0.3, -0.25) is 14.2 Å². The second-order valence-electron chi connectivity index (χ2n) is 10.7. The average Bonchev–Trinajstić information content (AvgIpc) is 2.77. The summed E-state index contributed by atoms with van der Waals surface area (Å²) < 4.78 is 15.5. The van der Waals surface area contributed by atoms with Crippen molar-refractivity contribution in [3.8, 4) is 11.3 Å². The average molecular weight is 456 g/mol. The number of hydrogen-bond donors (Lipinski definition) is 1. The third kappa shape index (κ3) is 4.47. The van der Waals surface area contributed by atoms with Crippen LogP contribution in [0.25, 0.3) is 11.3 Å². The molecule has 1 aromatic heterocycles. The van der Waals surface area contributed by atoms with Gasteiger partial charge in [-0.25, -0.2) is 9.37 Å². The predicted molar refractivity (Wildman–Crippen MR) is 125 cm³/mol. The van der Waals surface area contributed by atoms with Gasteiger partial charge < -0.3 is 10.0 Å². The lowest BCUT2D eigenvalue weighted by Gasteiger charge is -2.52. The molecule has 178 valence electrons. The molecule has 0 radical (unpaired) electrons. The van der Waals surface area contributed by atoms with Crippen molar-refractivity contribution in [3.63, 3.8) is 0 Å². The number of halogens is 1. The van der Waals surface area contributed by atoms with Crippen LogP contribution in [0.1, 0.15) is 59.3 Å². The van der Waals surface area contributed by atoms with Crippen LogP contribution in [0.4, 0.5) is 4.39 Å². The fourth-order valence-electron chi connectivity index (χ4n) is 5.40. The van der Waals surface area contributed by atoms with E-state index in [-0.39, 0.29) is 34.7 Å². The van der Waals surface area contributed by atoms with Crippen molar-refractivity contribution in [1.29, 1.82) is 0 Å². The van der Waals surface area contributed by atoms with Gasteiger partial charge in [-0.15, -0.1) is 0 Å². The Bertz CT molecular complexity index is 1090.